The first-order chi connectivity index (χ1) is 8.60. The molecule has 0 heterocycles. The lowest BCUT2D eigenvalue weighted by molar-refractivity contribution is 0.607. The highest BCUT2D eigenvalue weighted by Crippen LogP contribution is 2.33. The maximum atomic E-state index is 11.5. The molecule has 0 unspecified atom stereocenters. The molecule has 0 radical (unpaired) electrons. The van der Waals surface area contributed by atoms with Gasteiger partial charge in [0, 0.05) is 37.2 Å². The molecule has 0 saturated heterocycles. The van der Waals surface area contributed by atoms with Crippen molar-refractivity contribution in [1.29, 1.82) is 0 Å². The van der Waals surface area contributed by atoms with E-state index >= 15 is 0 Å². The Morgan fingerprint density at radius 2 is 1.47 bits per heavy atom. The minimum Gasteiger partial charge on any atom is -0.207 e. The Bertz CT molecular complexity index is 873. The molecular formula is C10H5Cl3O4S2. The summed E-state index contributed by atoms with van der Waals surface area (Å²) in [6.07, 6.45) is 0. The van der Waals surface area contributed by atoms with Crippen LogP contribution < -0.4 is 0 Å². The molecule has 19 heavy (non-hydrogen) atoms. The number of halogens is 3. The van der Waals surface area contributed by atoms with Gasteiger partial charge >= 0.3 is 0 Å². The summed E-state index contributed by atoms with van der Waals surface area (Å²) in [6.45, 7) is 0. The van der Waals surface area contributed by atoms with Gasteiger partial charge in [-0.25, -0.2) is 16.8 Å². The number of fused-ring (bicyclic) bond motifs is 1. The first-order valence-corrected chi connectivity index (χ1v) is 9.72. The molecule has 9 heteroatoms. The Morgan fingerprint density at radius 1 is 0.842 bits per heavy atom. The summed E-state index contributed by atoms with van der Waals surface area (Å²) in [7, 11) is 2.47. The van der Waals surface area contributed by atoms with E-state index in [2.05, 4.69) is 0 Å². The molecule has 2 rings (SSSR count). The standard InChI is InChI=1S/C10H5Cl3O4S2/c11-9-5-6(18(12,14)15)4-8-7(9)2-1-3-10(8)19(13,16)17/h1-5H. The average molecular weight is 360 g/mol. The molecule has 2 aromatic carbocycles. The van der Waals surface area contributed by atoms with Gasteiger partial charge in [-0.05, 0) is 18.2 Å². The van der Waals surface area contributed by atoms with Gasteiger partial charge < -0.3 is 0 Å². The smallest absolute Gasteiger partial charge is 0.207 e. The van der Waals surface area contributed by atoms with Gasteiger partial charge in [0.1, 0.15) is 0 Å². The van der Waals surface area contributed by atoms with E-state index in [1.807, 2.05) is 0 Å². The van der Waals surface area contributed by atoms with Crippen LogP contribution >= 0.6 is 33.0 Å². The molecule has 2 aromatic rings. The Balaban J connectivity index is 3.01. The van der Waals surface area contributed by atoms with E-state index in [4.69, 9.17) is 33.0 Å². The molecule has 102 valence electrons. The van der Waals surface area contributed by atoms with Crippen molar-refractivity contribution in [1.82, 2.24) is 0 Å². The maximum Gasteiger partial charge on any atom is 0.261 e. The molecule has 0 N–H and O–H groups in total. The van der Waals surface area contributed by atoms with Crippen LogP contribution in [-0.2, 0) is 18.1 Å². The van der Waals surface area contributed by atoms with Crippen molar-refractivity contribution in [2.45, 2.75) is 9.79 Å². The first kappa shape index (κ1) is 14.9. The van der Waals surface area contributed by atoms with E-state index in [1.165, 1.54) is 12.1 Å². The molecule has 0 aliphatic heterocycles. The Morgan fingerprint density at radius 3 is 2.00 bits per heavy atom. The van der Waals surface area contributed by atoms with Gasteiger partial charge in [0.15, 0.2) is 0 Å². The maximum absolute atomic E-state index is 11.5. The fourth-order valence-electron chi connectivity index (χ4n) is 1.64. The minimum atomic E-state index is -4.03. The van der Waals surface area contributed by atoms with Crippen molar-refractivity contribution in [3.63, 3.8) is 0 Å². The van der Waals surface area contributed by atoms with E-state index in [1.54, 1.807) is 6.07 Å². The minimum absolute atomic E-state index is 0.0684. The van der Waals surface area contributed by atoms with Gasteiger partial charge in [0.2, 0.25) is 0 Å². The molecule has 0 fully saturated rings. The summed E-state index contributed by atoms with van der Waals surface area (Å²) in [6, 6.07) is 6.54. The highest BCUT2D eigenvalue weighted by atomic mass is 35.7. The zero-order valence-corrected chi connectivity index (χ0v) is 12.9. The molecule has 0 spiro atoms. The van der Waals surface area contributed by atoms with E-state index < -0.39 is 18.1 Å². The molecule has 0 amide bonds. The van der Waals surface area contributed by atoms with Crippen molar-refractivity contribution in [2.75, 3.05) is 0 Å². The Kier molecular flexibility index (Phi) is 3.75. The van der Waals surface area contributed by atoms with Crippen molar-refractivity contribution in [3.05, 3.63) is 35.4 Å². The number of rotatable bonds is 2. The van der Waals surface area contributed by atoms with E-state index in [0.717, 1.165) is 12.1 Å². The van der Waals surface area contributed by atoms with E-state index in [9.17, 15) is 16.8 Å². The highest BCUT2D eigenvalue weighted by Gasteiger charge is 2.19. The van der Waals surface area contributed by atoms with Gasteiger partial charge in [0.05, 0.1) is 9.79 Å². The topological polar surface area (TPSA) is 68.3 Å². The molecule has 0 aliphatic rings. The van der Waals surface area contributed by atoms with Crippen molar-refractivity contribution < 1.29 is 16.8 Å². The van der Waals surface area contributed by atoms with Gasteiger partial charge in [0.25, 0.3) is 18.1 Å². The summed E-state index contributed by atoms with van der Waals surface area (Å²) in [5.74, 6) is 0. The normalized spacial score (nSPS) is 12.8. The van der Waals surface area contributed by atoms with Crippen LogP contribution in [0, 0.1) is 0 Å². The van der Waals surface area contributed by atoms with Crippen molar-refractivity contribution >= 4 is 61.8 Å². The van der Waals surface area contributed by atoms with Gasteiger partial charge in [-0.15, -0.1) is 0 Å². The number of benzene rings is 2. The molecule has 0 aliphatic carbocycles. The van der Waals surface area contributed by atoms with Crippen LogP contribution in [0.1, 0.15) is 0 Å². The second-order valence-corrected chi connectivity index (χ2v) is 9.14. The second kappa shape index (κ2) is 4.79. The summed E-state index contributed by atoms with van der Waals surface area (Å²) in [5.41, 5.74) is 0. The summed E-state index contributed by atoms with van der Waals surface area (Å²) in [4.78, 5) is -0.518. The molecule has 0 saturated carbocycles. The SMILES string of the molecule is O=S(=O)(Cl)c1cc(Cl)c2cccc(S(=O)(=O)Cl)c2c1. The predicted octanol–water partition coefficient (Wildman–Crippen LogP) is 3.35. The zero-order valence-electron chi connectivity index (χ0n) is 8.97. The Labute approximate surface area is 123 Å². The fraction of sp³-hybridized carbons (Fsp3) is 0. The number of hydrogen-bond donors (Lipinski definition) is 0. The third kappa shape index (κ3) is 2.98. The van der Waals surface area contributed by atoms with Crippen LogP contribution in [0.3, 0.4) is 0 Å². The summed E-state index contributed by atoms with van der Waals surface area (Å²) in [5, 5.41) is 0.538. The largest absolute Gasteiger partial charge is 0.261 e. The van der Waals surface area contributed by atoms with Crippen LogP contribution in [0.5, 0.6) is 0 Å². The van der Waals surface area contributed by atoms with Crippen LogP contribution in [0.2, 0.25) is 5.02 Å². The van der Waals surface area contributed by atoms with Crippen LogP contribution in [0.4, 0.5) is 0 Å². The quantitative estimate of drug-likeness (QED) is 0.771. The second-order valence-electron chi connectivity index (χ2n) is 3.63. The summed E-state index contributed by atoms with van der Waals surface area (Å²) < 4.78 is 45.5. The van der Waals surface area contributed by atoms with Crippen LogP contribution in [0.15, 0.2) is 40.1 Å². The molecule has 4 nitrogen and oxygen atoms in total. The molecule has 0 bridgehead atoms. The number of hydrogen-bond acceptors (Lipinski definition) is 4. The zero-order chi connectivity index (χ0) is 14.4. The Hall–Kier alpha value is -0.530. The monoisotopic (exact) mass is 358 g/mol. The molecular weight excluding hydrogens is 355 g/mol. The van der Waals surface area contributed by atoms with Crippen molar-refractivity contribution in [2.24, 2.45) is 0 Å². The predicted molar refractivity (Wildman–Crippen MR) is 75.0 cm³/mol. The lowest BCUT2D eigenvalue weighted by atomic mass is 10.1. The van der Waals surface area contributed by atoms with E-state index in [-0.39, 0.29) is 20.2 Å². The van der Waals surface area contributed by atoms with Crippen LogP contribution in [-0.4, -0.2) is 16.8 Å². The fourth-order valence-corrected chi connectivity index (χ4v) is 3.85. The van der Waals surface area contributed by atoms with Gasteiger partial charge in [-0.3, -0.25) is 0 Å². The third-order valence-electron chi connectivity index (χ3n) is 2.42. The average Bonchev–Trinajstić information content (AvgIpc) is 2.25. The summed E-state index contributed by atoms with van der Waals surface area (Å²) >= 11 is 5.93. The first-order valence-electron chi connectivity index (χ1n) is 4.72. The van der Waals surface area contributed by atoms with E-state index in [0.29, 0.717) is 5.39 Å². The lowest BCUT2D eigenvalue weighted by Gasteiger charge is -2.07. The molecule has 0 aromatic heterocycles. The third-order valence-corrected chi connectivity index (χ3v) is 5.45. The van der Waals surface area contributed by atoms with Gasteiger partial charge in [-0.1, -0.05) is 23.7 Å². The van der Waals surface area contributed by atoms with Gasteiger partial charge in [-0.2, -0.15) is 0 Å². The lowest BCUT2D eigenvalue weighted by Crippen LogP contribution is -1.96. The highest BCUT2D eigenvalue weighted by molar-refractivity contribution is 8.14. The van der Waals surface area contributed by atoms with Crippen LogP contribution in [0.25, 0.3) is 10.8 Å². The molecule has 0 atom stereocenters. The van der Waals surface area contributed by atoms with Crippen molar-refractivity contribution in [3.8, 4) is 0 Å².